The number of aromatic nitrogens is 1. The van der Waals surface area contributed by atoms with Crippen molar-refractivity contribution in [3.63, 3.8) is 0 Å². The number of carbonyl (C=O) groups excluding carboxylic acids is 1. The van der Waals surface area contributed by atoms with E-state index in [4.69, 9.17) is 38.4 Å². The first-order chi connectivity index (χ1) is 39.2. The summed E-state index contributed by atoms with van der Waals surface area (Å²) in [5.74, 6) is -7.81. The van der Waals surface area contributed by atoms with Crippen LogP contribution in [0, 0.1) is 18.6 Å². The van der Waals surface area contributed by atoms with Crippen LogP contribution in [0.2, 0.25) is 0 Å². The zero-order valence-corrected chi connectivity index (χ0v) is 26.9. The monoisotopic (exact) mass is 784 g/mol. The van der Waals surface area contributed by atoms with E-state index < -0.39 is 266 Å². The van der Waals surface area contributed by atoms with Crippen molar-refractivity contribution in [3.8, 4) is 11.1 Å². The van der Waals surface area contributed by atoms with Gasteiger partial charge < -0.3 is 19.1 Å². The molecule has 0 saturated carbocycles. The average Bonchev–Trinajstić information content (AvgIpc) is 0.660. The molecule has 0 atom stereocenters. The van der Waals surface area contributed by atoms with Crippen LogP contribution in [0.3, 0.4) is 0 Å². The standard InChI is InChI=1S/C41H40F5N3O3S/c1-27-22-30(14-15-34(27)41(44,45)46)29-12-10-28(11-13-29)24-48(32-16-18-47(19-17-32)20-21-52-2)38(51)25-49-36-9-4-3-7-33(36)37(50)23-39(49)53-26-31-6-5-8-35(42)40(31)43/h3-15,22-23,32H,16-21,24-26H2,1-2H3/i2D3,3D,4D,5D,6D,7D,8D,9D,10D,11D,12D,13D,14D,15D,16D2,17D2,18D2,19D2,20D2,21D2,22D,23D,25D2,26D2,32D. The van der Waals surface area contributed by atoms with Gasteiger partial charge in [-0.3, -0.25) is 9.59 Å². The van der Waals surface area contributed by atoms with E-state index in [2.05, 4.69) is 4.74 Å². The molecule has 0 aliphatic carbocycles. The van der Waals surface area contributed by atoms with Crippen LogP contribution in [0.4, 0.5) is 22.0 Å². The fourth-order valence-electron chi connectivity index (χ4n) is 4.22. The molecule has 1 aliphatic rings. The molecule has 1 fully saturated rings. The number of pyridine rings is 1. The lowest BCUT2D eigenvalue weighted by Crippen LogP contribution is -2.48. The average molecular weight is 785 g/mol. The summed E-state index contributed by atoms with van der Waals surface area (Å²) >= 11 is -0.918. The fraction of sp³-hybridized carbons (Fsp3) is 0.317. The molecule has 4 aromatic carbocycles. The van der Waals surface area contributed by atoms with Gasteiger partial charge in [-0.1, -0.05) is 60.4 Å². The highest BCUT2D eigenvalue weighted by Crippen LogP contribution is 2.34. The van der Waals surface area contributed by atoms with E-state index in [1.807, 2.05) is 0 Å². The van der Waals surface area contributed by atoms with Crippen molar-refractivity contribution < 1.29 is 79.5 Å². The lowest BCUT2D eigenvalue weighted by molar-refractivity contribution is -0.138. The molecule has 5 aromatic rings. The SMILES string of the molecule is [2H]c1c([2H])c(F)c(F)c(C([2H])([2H])Sc2c([2H])c(=O)c3c([2H])c([2H])c([2H])c([2H])c3n2C([2H])([2H])C(=O)N(Cc2c([2H])c([2H])c(-c3c([2H])c([2H])c(C(F)(F)F)c(C)c3[2H])c([2H])c2[2H])C2([2H])C([2H])([2H])C([2H])([2H])N(C([2H])([2H])C([2H])([2H])OC([2H])([2H])[2H])C([2H])([2H])C2([2H])[2H])c1[2H]. The molecule has 1 saturated heterocycles. The van der Waals surface area contributed by atoms with Gasteiger partial charge in [0.05, 0.1) is 54.2 Å². The Morgan fingerprint density at radius 2 is 1.77 bits per heavy atom. The summed E-state index contributed by atoms with van der Waals surface area (Å²) in [6, 6.07) is -29.4. The van der Waals surface area contributed by atoms with Crippen molar-refractivity contribution >= 4 is 28.6 Å². The van der Waals surface area contributed by atoms with E-state index >= 15 is 13.6 Å². The second-order valence-electron chi connectivity index (χ2n) is 9.98. The molecule has 6 rings (SSSR count). The lowest BCUT2D eigenvalue weighted by atomic mass is 9.98. The second-order valence-corrected chi connectivity index (χ2v) is 10.8. The molecule has 0 N–H and O–H groups in total. The summed E-state index contributed by atoms with van der Waals surface area (Å²) in [5.41, 5.74) is -16.8. The lowest BCUT2D eigenvalue weighted by Gasteiger charge is -2.39. The van der Waals surface area contributed by atoms with Gasteiger partial charge in [-0.05, 0) is 66.1 Å². The maximum atomic E-state index is 16.0. The highest BCUT2D eigenvalue weighted by atomic mass is 32.2. The van der Waals surface area contributed by atoms with Crippen LogP contribution in [0.1, 0.15) is 83.0 Å². The number of nitrogens with zero attached hydrogens (tertiary/aromatic N) is 3. The number of ether oxygens (including phenoxy) is 1. The van der Waals surface area contributed by atoms with Gasteiger partial charge in [-0.15, -0.1) is 11.8 Å². The number of likely N-dealkylation sites (tertiary alicyclic amines) is 1. The number of thioether (sulfide) groups is 1. The molecule has 0 bridgehead atoms. The third-order valence-electron chi connectivity index (χ3n) is 6.59. The number of amides is 1. The molecule has 0 radical (unpaired) electrons. The molecule has 278 valence electrons. The van der Waals surface area contributed by atoms with Crippen molar-refractivity contribution in [1.82, 2.24) is 14.4 Å². The molecular weight excluding hydrogens is 710 g/mol. The van der Waals surface area contributed by atoms with Gasteiger partial charge in [0.15, 0.2) is 17.1 Å². The van der Waals surface area contributed by atoms with E-state index in [0.29, 0.717) is 6.92 Å². The van der Waals surface area contributed by atoms with Crippen LogP contribution in [0.25, 0.3) is 22.0 Å². The molecule has 12 heteroatoms. The predicted octanol–water partition coefficient (Wildman–Crippen LogP) is 8.71. The minimum atomic E-state index is -5.44. The number of hydrogen-bond donors (Lipinski definition) is 0. The normalized spacial score (nSPS) is 29.4. The molecule has 0 spiro atoms. The third kappa shape index (κ3) is 9.00. The largest absolute Gasteiger partial charge is 0.416 e. The molecule has 53 heavy (non-hydrogen) atoms. The summed E-state index contributed by atoms with van der Waals surface area (Å²) in [4.78, 5) is 27.9. The van der Waals surface area contributed by atoms with Crippen LogP contribution < -0.4 is 5.43 Å². The number of piperidine rings is 1. The Balaban J connectivity index is 1.85. The summed E-state index contributed by atoms with van der Waals surface area (Å²) in [5, 5.41) is -3.42. The first-order valence-corrected chi connectivity index (χ1v) is 14.9. The Bertz CT molecular complexity index is 3760. The number of benzene rings is 4. The van der Waals surface area contributed by atoms with Crippen LogP contribution in [0.5, 0.6) is 0 Å². The summed E-state index contributed by atoms with van der Waals surface area (Å²) < 4.78 is 381. The zero-order valence-electron chi connectivity index (χ0n) is 61.1. The first kappa shape index (κ1) is 14.0. The van der Waals surface area contributed by atoms with Gasteiger partial charge in [0, 0.05) is 78.2 Å². The van der Waals surface area contributed by atoms with E-state index in [1.54, 1.807) is 0 Å². The second kappa shape index (κ2) is 16.7. The quantitative estimate of drug-likeness (QED) is 0.0937. The Labute approximate surface area is 358 Å². The number of hydrogen-bond acceptors (Lipinski definition) is 5. The number of carbonyl (C=O) groups is 1. The maximum absolute atomic E-state index is 16.0. The number of para-hydroxylation sites is 1. The van der Waals surface area contributed by atoms with Crippen molar-refractivity contribution in [2.45, 2.75) is 55.6 Å². The summed E-state index contributed by atoms with van der Waals surface area (Å²) in [6.07, 6.45) is -15.8. The Morgan fingerprint density at radius 3 is 2.51 bits per heavy atom. The number of methoxy groups -OCH3 is 1. The van der Waals surface area contributed by atoms with Crippen molar-refractivity contribution in [2.75, 3.05) is 33.1 Å². The Morgan fingerprint density at radius 1 is 1.04 bits per heavy atom. The smallest absolute Gasteiger partial charge is 0.383 e. The first-order valence-electron chi connectivity index (χ1n) is 31.6. The van der Waals surface area contributed by atoms with Gasteiger partial charge in [0.2, 0.25) is 5.91 Å². The Kier molecular flexibility index (Phi) is 4.39. The molecule has 1 amide bonds. The van der Waals surface area contributed by atoms with E-state index in [1.165, 1.54) is 0 Å². The molecule has 2 heterocycles. The van der Waals surface area contributed by atoms with E-state index in [0.717, 1.165) is 0 Å². The van der Waals surface area contributed by atoms with Gasteiger partial charge in [-0.2, -0.15) is 13.2 Å². The fourth-order valence-corrected chi connectivity index (χ4v) is 4.94. The third-order valence-corrected chi connectivity index (χ3v) is 7.38. The van der Waals surface area contributed by atoms with Crippen molar-refractivity contribution in [2.24, 2.45) is 0 Å². The minimum Gasteiger partial charge on any atom is -0.383 e. The number of halogens is 5. The van der Waals surface area contributed by atoms with Crippen LogP contribution >= 0.6 is 11.8 Å². The topological polar surface area (TPSA) is 54.8 Å². The predicted molar refractivity (Wildman–Crippen MR) is 198 cm³/mol. The van der Waals surface area contributed by atoms with Gasteiger partial charge in [-0.25, -0.2) is 8.78 Å². The molecule has 1 aliphatic heterocycles. The zero-order chi connectivity index (χ0) is 68.5. The summed E-state index contributed by atoms with van der Waals surface area (Å²) in [7, 11) is -4.06. The van der Waals surface area contributed by atoms with E-state index in [-0.39, 0.29) is 0 Å². The van der Waals surface area contributed by atoms with Crippen LogP contribution in [0.15, 0.2) is 100 Å². The van der Waals surface area contributed by atoms with Gasteiger partial charge in [0.25, 0.3) is 0 Å². The maximum Gasteiger partial charge on any atom is 0.416 e. The number of rotatable bonds is 12. The molecule has 0 unspecified atom stereocenters. The highest BCUT2D eigenvalue weighted by Gasteiger charge is 2.32. The summed E-state index contributed by atoms with van der Waals surface area (Å²) in [6.45, 7) is -26.4. The molecular formula is C41H40F5N3O3S. The minimum absolute atomic E-state index is 0.582. The Hall–Kier alpha value is -4.52. The number of alkyl halides is 3. The highest BCUT2D eigenvalue weighted by molar-refractivity contribution is 7.98. The molecule has 1 aromatic heterocycles. The van der Waals surface area contributed by atoms with Gasteiger partial charge >= 0.3 is 6.18 Å². The van der Waals surface area contributed by atoms with Gasteiger partial charge in [0.1, 0.15) is 6.50 Å². The van der Waals surface area contributed by atoms with Crippen LogP contribution in [-0.4, -0.2) is 59.4 Å². The van der Waals surface area contributed by atoms with E-state index in [9.17, 15) is 27.6 Å². The molecule has 6 nitrogen and oxygen atoms in total. The van der Waals surface area contributed by atoms with Crippen molar-refractivity contribution in [3.05, 3.63) is 135 Å². The number of fused-ring (bicyclic) bond motifs is 1. The van der Waals surface area contributed by atoms with Crippen molar-refractivity contribution in [1.29, 1.82) is 0 Å². The van der Waals surface area contributed by atoms with Crippen LogP contribution in [-0.2, 0) is 34.5 Å².